The summed E-state index contributed by atoms with van der Waals surface area (Å²) in [5.41, 5.74) is 15.1. The fourth-order valence-electron chi connectivity index (χ4n) is 9.35. The molecule has 2 aliphatic rings. The van der Waals surface area contributed by atoms with E-state index in [0.29, 0.717) is 28.9 Å². The number of para-hydroxylation sites is 1. The van der Waals surface area contributed by atoms with Gasteiger partial charge in [-0.05, 0) is 74.8 Å². The Bertz CT molecular complexity index is 3130. The van der Waals surface area contributed by atoms with Gasteiger partial charge in [0, 0.05) is 39.7 Å². The van der Waals surface area contributed by atoms with Crippen molar-refractivity contribution in [2.45, 2.75) is 5.41 Å². The molecule has 6 heteroatoms. The average Bonchev–Trinajstić information content (AvgIpc) is 3.77. The quantitative estimate of drug-likeness (QED) is 0.168. The lowest BCUT2D eigenvalue weighted by Gasteiger charge is -2.30. The van der Waals surface area contributed by atoms with Gasteiger partial charge in [-0.3, -0.25) is 9.97 Å². The summed E-state index contributed by atoms with van der Waals surface area (Å²) in [7, 11) is 0. The molecule has 0 N–H and O–H groups in total. The Balaban J connectivity index is 1.07. The first-order chi connectivity index (χ1) is 28.3. The Labute approximate surface area is 328 Å². The standard InChI is InChI=1S/C51H30N6/c1-5-17-38-33(13-1)34-14-2-6-18-39(34)51(38)40-19-7-3-15-35(40)46-41(51)28-27-37-45(46)36-16-4-8-20-42(36)54-47(37)31-23-25-32(26-24-31)48-55-49(43-21-9-11-29-52-43)57-50(56-48)44-22-10-12-30-53-44/h1-30H. The van der Waals surface area contributed by atoms with Gasteiger partial charge in [0.05, 0.1) is 16.6 Å². The first-order valence-electron chi connectivity index (χ1n) is 19.1. The maximum atomic E-state index is 5.37. The summed E-state index contributed by atoms with van der Waals surface area (Å²) >= 11 is 0. The van der Waals surface area contributed by atoms with E-state index in [4.69, 9.17) is 19.9 Å². The molecule has 0 aliphatic heterocycles. The Morgan fingerprint density at radius 2 is 0.877 bits per heavy atom. The summed E-state index contributed by atoms with van der Waals surface area (Å²) in [6.07, 6.45) is 3.49. The largest absolute Gasteiger partial charge is 0.253 e. The molecule has 12 rings (SSSR count). The van der Waals surface area contributed by atoms with Crippen LogP contribution in [-0.2, 0) is 5.41 Å². The van der Waals surface area contributed by atoms with Crippen molar-refractivity contribution in [2.24, 2.45) is 0 Å². The summed E-state index contributed by atoms with van der Waals surface area (Å²) in [5.74, 6) is 1.53. The van der Waals surface area contributed by atoms with E-state index in [0.717, 1.165) is 33.1 Å². The number of hydrogen-bond acceptors (Lipinski definition) is 6. The number of pyridine rings is 3. The lowest BCUT2D eigenvalue weighted by atomic mass is 9.70. The van der Waals surface area contributed by atoms with Crippen LogP contribution in [0, 0.1) is 0 Å². The van der Waals surface area contributed by atoms with E-state index in [1.807, 2.05) is 36.4 Å². The Morgan fingerprint density at radius 3 is 1.51 bits per heavy atom. The summed E-state index contributed by atoms with van der Waals surface area (Å²) in [4.78, 5) is 29.0. The molecule has 1 spiro atoms. The summed E-state index contributed by atoms with van der Waals surface area (Å²) in [6, 6.07) is 60.0. The Hall–Kier alpha value is -7.70. The second-order valence-electron chi connectivity index (χ2n) is 14.6. The minimum Gasteiger partial charge on any atom is -0.253 e. The van der Waals surface area contributed by atoms with Crippen LogP contribution in [0.3, 0.4) is 0 Å². The Morgan fingerprint density at radius 1 is 0.351 bits per heavy atom. The van der Waals surface area contributed by atoms with Gasteiger partial charge in [0.1, 0.15) is 11.4 Å². The number of benzene rings is 6. The third-order valence-electron chi connectivity index (χ3n) is 11.7. The Kier molecular flexibility index (Phi) is 6.74. The molecule has 10 aromatic rings. The third kappa shape index (κ3) is 4.52. The van der Waals surface area contributed by atoms with Crippen molar-refractivity contribution in [1.82, 2.24) is 29.9 Å². The molecule has 0 bridgehead atoms. The van der Waals surface area contributed by atoms with Crippen LogP contribution in [0.5, 0.6) is 0 Å². The molecular weight excluding hydrogens is 697 g/mol. The van der Waals surface area contributed by atoms with Crippen LogP contribution in [0.4, 0.5) is 0 Å². The first-order valence-corrected chi connectivity index (χ1v) is 19.1. The minimum absolute atomic E-state index is 0.424. The van der Waals surface area contributed by atoms with E-state index >= 15 is 0 Å². The van der Waals surface area contributed by atoms with Crippen LogP contribution in [0.1, 0.15) is 22.3 Å². The number of rotatable bonds is 4. The van der Waals surface area contributed by atoms with E-state index in [9.17, 15) is 0 Å². The summed E-state index contributed by atoms with van der Waals surface area (Å²) in [6.45, 7) is 0. The highest BCUT2D eigenvalue weighted by Crippen LogP contribution is 2.64. The molecule has 0 amide bonds. The normalized spacial score (nSPS) is 13.1. The molecular formula is C51H30N6. The van der Waals surface area contributed by atoms with Crippen molar-refractivity contribution in [1.29, 1.82) is 0 Å². The zero-order valence-corrected chi connectivity index (χ0v) is 30.5. The summed E-state index contributed by atoms with van der Waals surface area (Å²) < 4.78 is 0. The van der Waals surface area contributed by atoms with E-state index in [2.05, 4.69) is 143 Å². The zero-order valence-electron chi connectivity index (χ0n) is 30.5. The lowest BCUT2D eigenvalue weighted by molar-refractivity contribution is 0.794. The van der Waals surface area contributed by atoms with Gasteiger partial charge in [0.25, 0.3) is 0 Å². The van der Waals surface area contributed by atoms with Crippen molar-refractivity contribution in [2.75, 3.05) is 0 Å². The van der Waals surface area contributed by atoms with Crippen LogP contribution in [0.15, 0.2) is 182 Å². The SMILES string of the molecule is c1ccc(-c2nc(-c3ccc(-c4nc5ccccc5c5c6c(ccc45)C4(c5ccccc5-c5ccccc54)c4ccccc4-6)cc3)nc(-c3ccccn3)n2)nc1. The average molecular weight is 727 g/mol. The van der Waals surface area contributed by atoms with Gasteiger partial charge in [0.15, 0.2) is 17.5 Å². The second kappa shape index (κ2) is 12.2. The molecule has 4 aromatic heterocycles. The lowest BCUT2D eigenvalue weighted by Crippen LogP contribution is -2.25. The van der Waals surface area contributed by atoms with Gasteiger partial charge in [-0.15, -0.1) is 0 Å². The van der Waals surface area contributed by atoms with Crippen LogP contribution in [0.2, 0.25) is 0 Å². The molecule has 6 nitrogen and oxygen atoms in total. The number of aromatic nitrogens is 6. The second-order valence-corrected chi connectivity index (χ2v) is 14.6. The van der Waals surface area contributed by atoms with Crippen molar-refractivity contribution < 1.29 is 0 Å². The van der Waals surface area contributed by atoms with Gasteiger partial charge in [-0.25, -0.2) is 19.9 Å². The fraction of sp³-hybridized carbons (Fsp3) is 0.0196. The maximum absolute atomic E-state index is 5.37. The molecule has 0 saturated carbocycles. The minimum atomic E-state index is -0.424. The highest BCUT2D eigenvalue weighted by atomic mass is 15.1. The van der Waals surface area contributed by atoms with Crippen molar-refractivity contribution in [3.05, 3.63) is 205 Å². The van der Waals surface area contributed by atoms with Gasteiger partial charge in [-0.1, -0.05) is 140 Å². The van der Waals surface area contributed by atoms with Gasteiger partial charge >= 0.3 is 0 Å². The molecule has 264 valence electrons. The topological polar surface area (TPSA) is 77.3 Å². The molecule has 0 unspecified atom stereocenters. The van der Waals surface area contributed by atoms with E-state index in [1.165, 1.54) is 49.9 Å². The molecule has 6 aromatic carbocycles. The molecule has 2 aliphatic carbocycles. The van der Waals surface area contributed by atoms with Crippen LogP contribution in [-0.4, -0.2) is 29.9 Å². The zero-order chi connectivity index (χ0) is 37.5. The van der Waals surface area contributed by atoms with Crippen molar-refractivity contribution >= 4 is 21.7 Å². The van der Waals surface area contributed by atoms with Crippen LogP contribution < -0.4 is 0 Å². The highest BCUT2D eigenvalue weighted by molar-refractivity contribution is 6.20. The van der Waals surface area contributed by atoms with Gasteiger partial charge in [0.2, 0.25) is 0 Å². The first kappa shape index (κ1) is 31.6. The molecule has 0 atom stereocenters. The van der Waals surface area contributed by atoms with E-state index in [1.54, 1.807) is 12.4 Å². The number of fused-ring (bicyclic) bond motifs is 14. The number of hydrogen-bond donors (Lipinski definition) is 0. The fourth-order valence-corrected chi connectivity index (χ4v) is 9.35. The van der Waals surface area contributed by atoms with Gasteiger partial charge < -0.3 is 0 Å². The maximum Gasteiger partial charge on any atom is 0.182 e. The van der Waals surface area contributed by atoms with E-state index in [-0.39, 0.29) is 0 Å². The highest BCUT2D eigenvalue weighted by Gasteiger charge is 2.52. The summed E-state index contributed by atoms with van der Waals surface area (Å²) in [5, 5.41) is 3.48. The number of nitrogens with zero attached hydrogens (tertiary/aromatic N) is 6. The molecule has 0 saturated heterocycles. The smallest absolute Gasteiger partial charge is 0.182 e. The molecule has 57 heavy (non-hydrogen) atoms. The molecule has 4 heterocycles. The molecule has 0 fully saturated rings. The predicted molar refractivity (Wildman–Crippen MR) is 226 cm³/mol. The van der Waals surface area contributed by atoms with Crippen molar-refractivity contribution in [3.8, 4) is 67.9 Å². The third-order valence-corrected chi connectivity index (χ3v) is 11.7. The van der Waals surface area contributed by atoms with Gasteiger partial charge in [-0.2, -0.15) is 0 Å². The monoisotopic (exact) mass is 726 g/mol. The predicted octanol–water partition coefficient (Wildman–Crippen LogP) is 11.4. The molecule has 0 radical (unpaired) electrons. The van der Waals surface area contributed by atoms with Crippen molar-refractivity contribution in [3.63, 3.8) is 0 Å². The van der Waals surface area contributed by atoms with Crippen LogP contribution >= 0.6 is 0 Å². The van der Waals surface area contributed by atoms with E-state index < -0.39 is 5.41 Å². The van der Waals surface area contributed by atoms with Crippen LogP contribution in [0.25, 0.3) is 89.6 Å².